The minimum absolute atomic E-state index is 0.647. The van der Waals surface area contributed by atoms with Gasteiger partial charge in [-0.05, 0) is 24.3 Å². The van der Waals surface area contributed by atoms with Gasteiger partial charge < -0.3 is 19.1 Å². The molecule has 0 unspecified atom stereocenters. The van der Waals surface area contributed by atoms with Crippen LogP contribution in [0.1, 0.15) is 11.5 Å². The summed E-state index contributed by atoms with van der Waals surface area (Å²) in [7, 11) is 0. The first-order valence-corrected chi connectivity index (χ1v) is 6.14. The maximum atomic E-state index is 5.68. The Balaban J connectivity index is 1.87. The van der Waals surface area contributed by atoms with E-state index in [9.17, 15) is 0 Å². The number of aromatic nitrogens is 3. The molecule has 0 saturated heterocycles. The Labute approximate surface area is 114 Å². The molecule has 3 aromatic heterocycles. The highest BCUT2D eigenvalue weighted by atomic mass is 16.5. The highest BCUT2D eigenvalue weighted by molar-refractivity contribution is 5.94. The number of imidazole rings is 1. The molecule has 4 heterocycles. The fourth-order valence-corrected chi connectivity index (χ4v) is 2.18. The first kappa shape index (κ1) is 11.0. The van der Waals surface area contributed by atoms with Crippen LogP contribution in [0.4, 0.5) is 5.95 Å². The first-order valence-electron chi connectivity index (χ1n) is 6.14. The van der Waals surface area contributed by atoms with Crippen molar-refractivity contribution < 1.29 is 9.15 Å². The molecule has 0 spiro atoms. The summed E-state index contributed by atoms with van der Waals surface area (Å²) in [5.41, 5.74) is 1.77. The van der Waals surface area contributed by atoms with Gasteiger partial charge in [0.25, 0.3) is 0 Å². The quantitative estimate of drug-likeness (QED) is 0.765. The lowest BCUT2D eigenvalue weighted by atomic mass is 10.2. The van der Waals surface area contributed by atoms with E-state index in [0.29, 0.717) is 17.5 Å². The molecule has 6 nitrogen and oxygen atoms in total. The van der Waals surface area contributed by atoms with Crippen LogP contribution in [0.15, 0.2) is 53.5 Å². The number of nitrogens with zero attached hydrogens (tertiary/aromatic N) is 2. The van der Waals surface area contributed by atoms with Gasteiger partial charge in [0.05, 0.1) is 12.0 Å². The van der Waals surface area contributed by atoms with Crippen molar-refractivity contribution in [3.63, 3.8) is 0 Å². The van der Waals surface area contributed by atoms with Crippen molar-refractivity contribution in [2.24, 2.45) is 0 Å². The third-order valence-electron chi connectivity index (χ3n) is 3.04. The Kier molecular flexibility index (Phi) is 2.38. The predicted octanol–water partition coefficient (Wildman–Crippen LogP) is 2.81. The number of nitrogens with one attached hydrogen (secondary N) is 2. The second-order valence-electron chi connectivity index (χ2n) is 4.24. The SMILES string of the molecule is [CH]1OC(c2ccco2)=C(c2ccc[nH]2)N1c1ncc[nH]1. The van der Waals surface area contributed by atoms with Crippen molar-refractivity contribution in [3.8, 4) is 0 Å². The molecule has 4 rings (SSSR count). The lowest BCUT2D eigenvalue weighted by Crippen LogP contribution is -2.15. The number of ether oxygens (including phenoxy) is 1. The molecule has 0 atom stereocenters. The topological polar surface area (TPSA) is 70.1 Å². The standard InChI is InChI=1S/C14H11N4O2/c1-3-10(15-5-1)12-13(11-4-2-8-19-11)20-9-18(12)14-16-6-7-17-14/h1-9,15H,(H,16,17). The van der Waals surface area contributed by atoms with Crippen molar-refractivity contribution in [3.05, 3.63) is 67.3 Å². The monoisotopic (exact) mass is 267 g/mol. The summed E-state index contributed by atoms with van der Waals surface area (Å²) in [6.45, 7) is 1.60. The van der Waals surface area contributed by atoms with Crippen molar-refractivity contribution in [2.45, 2.75) is 0 Å². The molecule has 1 aliphatic heterocycles. The molecule has 1 aliphatic rings. The van der Waals surface area contributed by atoms with Crippen LogP contribution in [0.25, 0.3) is 11.5 Å². The summed E-state index contributed by atoms with van der Waals surface area (Å²) in [5, 5.41) is 0. The molecule has 1 radical (unpaired) electrons. The smallest absolute Gasteiger partial charge is 0.236 e. The van der Waals surface area contributed by atoms with Crippen LogP contribution in [-0.2, 0) is 4.74 Å². The van der Waals surface area contributed by atoms with Crippen LogP contribution < -0.4 is 4.90 Å². The van der Waals surface area contributed by atoms with Gasteiger partial charge in [-0.25, -0.2) is 4.98 Å². The molecular formula is C14H11N4O2. The van der Waals surface area contributed by atoms with Gasteiger partial charge in [-0.3, -0.25) is 4.90 Å². The molecule has 99 valence electrons. The summed E-state index contributed by atoms with van der Waals surface area (Å²) in [6, 6.07) is 7.59. The van der Waals surface area contributed by atoms with Crippen LogP contribution in [-0.4, -0.2) is 15.0 Å². The maximum absolute atomic E-state index is 5.68. The van der Waals surface area contributed by atoms with Crippen LogP contribution in [0.5, 0.6) is 0 Å². The molecule has 0 bridgehead atoms. The molecular weight excluding hydrogens is 256 g/mol. The Morgan fingerprint density at radius 2 is 2.10 bits per heavy atom. The molecule has 3 aromatic rings. The van der Waals surface area contributed by atoms with E-state index in [-0.39, 0.29) is 0 Å². The van der Waals surface area contributed by atoms with E-state index in [4.69, 9.17) is 9.15 Å². The number of hydrogen-bond donors (Lipinski definition) is 2. The lowest BCUT2D eigenvalue weighted by molar-refractivity contribution is 0.366. The minimum atomic E-state index is 0.647. The Hall–Kier alpha value is -2.89. The summed E-state index contributed by atoms with van der Waals surface area (Å²) < 4.78 is 11.1. The Morgan fingerprint density at radius 3 is 2.80 bits per heavy atom. The number of hydrogen-bond acceptors (Lipinski definition) is 4. The van der Waals surface area contributed by atoms with Crippen LogP contribution in [0.3, 0.4) is 0 Å². The number of H-pyrrole nitrogens is 2. The number of rotatable bonds is 3. The minimum Gasteiger partial charge on any atom is -0.461 e. The van der Waals surface area contributed by atoms with Crippen molar-refractivity contribution >= 4 is 17.4 Å². The van der Waals surface area contributed by atoms with Crippen LogP contribution in [0.2, 0.25) is 0 Å². The van der Waals surface area contributed by atoms with Crippen molar-refractivity contribution in [2.75, 3.05) is 4.90 Å². The molecule has 0 aromatic carbocycles. The molecule has 0 fully saturated rings. The summed E-state index contributed by atoms with van der Waals surface area (Å²) in [6.07, 6.45) is 6.94. The van der Waals surface area contributed by atoms with E-state index in [1.54, 1.807) is 25.4 Å². The Bertz CT molecular complexity index is 711. The highest BCUT2D eigenvalue weighted by Crippen LogP contribution is 2.38. The molecule has 20 heavy (non-hydrogen) atoms. The third kappa shape index (κ3) is 1.62. The Morgan fingerprint density at radius 1 is 1.10 bits per heavy atom. The van der Waals surface area contributed by atoms with Gasteiger partial charge in [0.15, 0.2) is 11.5 Å². The summed E-state index contributed by atoms with van der Waals surface area (Å²) in [5.74, 6) is 1.99. The van der Waals surface area contributed by atoms with Crippen LogP contribution in [0, 0.1) is 6.73 Å². The van der Waals surface area contributed by atoms with E-state index >= 15 is 0 Å². The normalized spacial score (nSPS) is 14.9. The van der Waals surface area contributed by atoms with Gasteiger partial charge in [-0.1, -0.05) is 0 Å². The molecule has 0 aliphatic carbocycles. The van der Waals surface area contributed by atoms with Crippen molar-refractivity contribution in [1.82, 2.24) is 15.0 Å². The van der Waals surface area contributed by atoms with Gasteiger partial charge in [-0.15, -0.1) is 0 Å². The largest absolute Gasteiger partial charge is 0.461 e. The zero-order valence-corrected chi connectivity index (χ0v) is 10.4. The molecule has 0 saturated carbocycles. The zero-order chi connectivity index (χ0) is 13.4. The fourth-order valence-electron chi connectivity index (χ4n) is 2.18. The maximum Gasteiger partial charge on any atom is 0.236 e. The van der Waals surface area contributed by atoms with Gasteiger partial charge in [0, 0.05) is 18.6 Å². The van der Waals surface area contributed by atoms with Gasteiger partial charge in [-0.2, -0.15) is 0 Å². The molecule has 0 amide bonds. The van der Waals surface area contributed by atoms with E-state index in [1.807, 2.05) is 35.4 Å². The lowest BCUT2D eigenvalue weighted by Gasteiger charge is -2.14. The zero-order valence-electron chi connectivity index (χ0n) is 10.4. The van der Waals surface area contributed by atoms with Gasteiger partial charge in [0.1, 0.15) is 5.70 Å². The molecule has 2 N–H and O–H groups in total. The summed E-state index contributed by atoms with van der Waals surface area (Å²) in [4.78, 5) is 12.3. The third-order valence-corrected chi connectivity index (χ3v) is 3.04. The first-order chi connectivity index (χ1) is 9.93. The number of anilines is 1. The van der Waals surface area contributed by atoms with Crippen molar-refractivity contribution in [1.29, 1.82) is 0 Å². The second-order valence-corrected chi connectivity index (χ2v) is 4.24. The van der Waals surface area contributed by atoms with E-state index in [1.165, 1.54) is 0 Å². The van der Waals surface area contributed by atoms with Crippen LogP contribution >= 0.6 is 0 Å². The molecule has 6 heteroatoms. The fraction of sp³-hybridized carbons (Fsp3) is 0. The van der Waals surface area contributed by atoms with Gasteiger partial charge in [0.2, 0.25) is 12.7 Å². The average molecular weight is 267 g/mol. The highest BCUT2D eigenvalue weighted by Gasteiger charge is 2.31. The number of furan rings is 1. The second kappa shape index (κ2) is 4.34. The van der Waals surface area contributed by atoms with E-state index in [0.717, 1.165) is 11.4 Å². The average Bonchev–Trinajstić information content (AvgIpc) is 3.23. The predicted molar refractivity (Wildman–Crippen MR) is 72.8 cm³/mol. The van der Waals surface area contributed by atoms with E-state index in [2.05, 4.69) is 15.0 Å². The van der Waals surface area contributed by atoms with E-state index < -0.39 is 0 Å². The van der Waals surface area contributed by atoms with Gasteiger partial charge >= 0.3 is 0 Å². The number of aromatic amines is 2. The summed E-state index contributed by atoms with van der Waals surface area (Å²) >= 11 is 0.